The molecule has 0 saturated carbocycles. The first-order chi connectivity index (χ1) is 5.49. The Labute approximate surface area is 80.6 Å². The Kier molecular flexibility index (Phi) is 4.45. The van der Waals surface area contributed by atoms with E-state index in [-0.39, 0.29) is 5.78 Å². The van der Waals surface area contributed by atoms with Gasteiger partial charge in [-0.15, -0.1) is 0 Å². The van der Waals surface area contributed by atoms with E-state index in [1.54, 1.807) is 13.8 Å². The Morgan fingerprint density at radius 1 is 1.42 bits per heavy atom. The summed E-state index contributed by atoms with van der Waals surface area (Å²) in [5.74, 6) is -0.719. The van der Waals surface area contributed by atoms with Gasteiger partial charge < -0.3 is 4.74 Å². The zero-order chi connectivity index (χ0) is 9.78. The average molecular weight is 237 g/mol. The highest BCUT2D eigenvalue weighted by molar-refractivity contribution is 9.10. The van der Waals surface area contributed by atoms with E-state index < -0.39 is 10.3 Å². The van der Waals surface area contributed by atoms with Crippen molar-refractivity contribution in [1.82, 2.24) is 0 Å². The fourth-order valence-corrected chi connectivity index (χ4v) is 0.897. The summed E-state index contributed by atoms with van der Waals surface area (Å²) in [6, 6.07) is 0. The normalized spacial score (nSPS) is 15.0. The first-order valence-corrected chi connectivity index (χ1v) is 4.65. The number of hydrogen-bond acceptors (Lipinski definition) is 3. The van der Waals surface area contributed by atoms with Gasteiger partial charge in [-0.3, -0.25) is 9.59 Å². The zero-order valence-corrected chi connectivity index (χ0v) is 9.10. The molecule has 70 valence electrons. The van der Waals surface area contributed by atoms with Crippen molar-refractivity contribution < 1.29 is 14.3 Å². The van der Waals surface area contributed by atoms with E-state index in [4.69, 9.17) is 4.74 Å². The minimum Gasteiger partial charge on any atom is -0.465 e. The Hall–Kier alpha value is -0.380. The number of rotatable bonds is 4. The smallest absolute Gasteiger partial charge is 0.330 e. The van der Waals surface area contributed by atoms with Gasteiger partial charge in [0.2, 0.25) is 0 Å². The molecule has 0 fully saturated rings. The van der Waals surface area contributed by atoms with E-state index in [0.717, 1.165) is 0 Å². The first kappa shape index (κ1) is 11.6. The third kappa shape index (κ3) is 2.30. The minimum absolute atomic E-state index is 0.219. The molecule has 0 aromatic carbocycles. The molecule has 0 aromatic heterocycles. The van der Waals surface area contributed by atoms with E-state index in [1.807, 2.05) is 0 Å². The van der Waals surface area contributed by atoms with Crippen molar-refractivity contribution in [2.75, 3.05) is 6.61 Å². The zero-order valence-electron chi connectivity index (χ0n) is 7.52. The van der Waals surface area contributed by atoms with E-state index >= 15 is 0 Å². The van der Waals surface area contributed by atoms with Crippen LogP contribution in [0.1, 0.15) is 27.2 Å². The second-order valence-corrected chi connectivity index (χ2v) is 3.79. The van der Waals surface area contributed by atoms with Gasteiger partial charge in [-0.25, -0.2) is 0 Å². The molecule has 4 heteroatoms. The van der Waals surface area contributed by atoms with Crippen LogP contribution >= 0.6 is 15.9 Å². The lowest BCUT2D eigenvalue weighted by molar-refractivity contribution is -0.148. The lowest BCUT2D eigenvalue weighted by Gasteiger charge is -2.19. The fourth-order valence-electron chi connectivity index (χ4n) is 0.782. The van der Waals surface area contributed by atoms with Gasteiger partial charge in [0.05, 0.1) is 6.61 Å². The van der Waals surface area contributed by atoms with Gasteiger partial charge >= 0.3 is 5.97 Å². The van der Waals surface area contributed by atoms with Crippen molar-refractivity contribution in [3.8, 4) is 0 Å². The lowest BCUT2D eigenvalue weighted by atomic mass is 10.0. The molecule has 0 aliphatic heterocycles. The number of Topliss-reactive ketones (excluding diaryl/α,β-unsaturated/α-hetero) is 1. The van der Waals surface area contributed by atoms with E-state index in [1.165, 1.54) is 6.92 Å². The average Bonchev–Trinajstić information content (AvgIpc) is 2.03. The van der Waals surface area contributed by atoms with E-state index in [2.05, 4.69) is 15.9 Å². The Morgan fingerprint density at radius 3 is 2.17 bits per heavy atom. The maximum atomic E-state index is 11.2. The third-order valence-electron chi connectivity index (χ3n) is 1.64. The van der Waals surface area contributed by atoms with Gasteiger partial charge in [-0.1, -0.05) is 22.9 Å². The SMILES string of the molecule is CCOC(=O)[C@](Br)(CC)C(C)=O. The summed E-state index contributed by atoms with van der Waals surface area (Å²) in [5, 5.41) is 0. The number of ketones is 1. The summed E-state index contributed by atoms with van der Waals surface area (Å²) in [6.45, 7) is 5.13. The fraction of sp³-hybridized carbons (Fsp3) is 0.750. The molecule has 0 heterocycles. The molecule has 0 unspecified atom stereocenters. The van der Waals surface area contributed by atoms with Crippen molar-refractivity contribution in [3.05, 3.63) is 0 Å². The predicted molar refractivity (Wildman–Crippen MR) is 49.3 cm³/mol. The molecule has 0 aliphatic carbocycles. The van der Waals surface area contributed by atoms with Gasteiger partial charge in [-0.05, 0) is 20.3 Å². The summed E-state index contributed by atoms with van der Waals surface area (Å²) in [7, 11) is 0. The number of halogens is 1. The highest BCUT2D eigenvalue weighted by atomic mass is 79.9. The van der Waals surface area contributed by atoms with Gasteiger partial charge in [0.1, 0.15) is 0 Å². The summed E-state index contributed by atoms with van der Waals surface area (Å²) >= 11 is 3.09. The molecule has 0 bridgehead atoms. The van der Waals surface area contributed by atoms with Crippen LogP contribution in [0.5, 0.6) is 0 Å². The van der Waals surface area contributed by atoms with Crippen LogP contribution in [0.15, 0.2) is 0 Å². The second kappa shape index (κ2) is 4.60. The first-order valence-electron chi connectivity index (χ1n) is 3.86. The topological polar surface area (TPSA) is 43.4 Å². The molecule has 3 nitrogen and oxygen atoms in total. The summed E-state index contributed by atoms with van der Waals surface area (Å²) < 4.78 is 3.62. The molecule has 0 saturated heterocycles. The molecule has 0 aromatic rings. The largest absolute Gasteiger partial charge is 0.465 e. The number of esters is 1. The van der Waals surface area contributed by atoms with E-state index in [9.17, 15) is 9.59 Å². The van der Waals surface area contributed by atoms with Crippen LogP contribution in [0.4, 0.5) is 0 Å². The quantitative estimate of drug-likeness (QED) is 0.424. The molecule has 0 rings (SSSR count). The van der Waals surface area contributed by atoms with Crippen molar-refractivity contribution in [2.45, 2.75) is 31.5 Å². The molecule has 1 atom stereocenters. The van der Waals surface area contributed by atoms with Crippen molar-refractivity contribution in [1.29, 1.82) is 0 Å². The highest BCUT2D eigenvalue weighted by Gasteiger charge is 2.40. The molecule has 0 N–H and O–H groups in total. The van der Waals surface area contributed by atoms with Crippen molar-refractivity contribution >= 4 is 27.7 Å². The highest BCUT2D eigenvalue weighted by Crippen LogP contribution is 2.25. The number of carbonyl (C=O) groups excluding carboxylic acids is 2. The van der Waals surface area contributed by atoms with Crippen LogP contribution in [0.3, 0.4) is 0 Å². The van der Waals surface area contributed by atoms with E-state index in [0.29, 0.717) is 13.0 Å². The maximum Gasteiger partial charge on any atom is 0.330 e. The molecule has 0 radical (unpaired) electrons. The minimum atomic E-state index is -1.14. The van der Waals surface area contributed by atoms with Crippen LogP contribution in [0.2, 0.25) is 0 Å². The lowest BCUT2D eigenvalue weighted by Crippen LogP contribution is -2.40. The summed E-state index contributed by atoms with van der Waals surface area (Å²) in [4.78, 5) is 22.3. The number of carbonyl (C=O) groups is 2. The monoisotopic (exact) mass is 236 g/mol. The standard InChI is InChI=1S/C8H13BrO3/c1-4-8(9,6(3)10)7(11)12-5-2/h4-5H2,1-3H3/t8-/m0/s1. The van der Waals surface area contributed by atoms with Gasteiger partial charge in [-0.2, -0.15) is 0 Å². The summed E-state index contributed by atoms with van der Waals surface area (Å²) in [6.07, 6.45) is 0.404. The number of alkyl halides is 1. The van der Waals surface area contributed by atoms with Crippen LogP contribution < -0.4 is 0 Å². The van der Waals surface area contributed by atoms with Crippen LogP contribution in [-0.2, 0) is 14.3 Å². The predicted octanol–water partition coefficient (Wildman–Crippen LogP) is 1.68. The summed E-state index contributed by atoms with van der Waals surface area (Å²) in [5.41, 5.74) is 0. The van der Waals surface area contributed by atoms with Crippen LogP contribution in [0, 0.1) is 0 Å². The number of hydrogen-bond donors (Lipinski definition) is 0. The molecule has 0 amide bonds. The van der Waals surface area contributed by atoms with Gasteiger partial charge in [0, 0.05) is 0 Å². The molecule has 0 spiro atoms. The molecule has 0 aliphatic rings. The Bertz CT molecular complexity index is 191. The van der Waals surface area contributed by atoms with Crippen molar-refractivity contribution in [3.63, 3.8) is 0 Å². The second-order valence-electron chi connectivity index (χ2n) is 2.43. The Morgan fingerprint density at radius 2 is 1.92 bits per heavy atom. The maximum absolute atomic E-state index is 11.2. The van der Waals surface area contributed by atoms with Crippen LogP contribution in [0.25, 0.3) is 0 Å². The van der Waals surface area contributed by atoms with Crippen LogP contribution in [-0.4, -0.2) is 22.7 Å². The van der Waals surface area contributed by atoms with Gasteiger partial charge in [0.25, 0.3) is 0 Å². The Balaban J connectivity index is 4.52. The van der Waals surface area contributed by atoms with Crippen molar-refractivity contribution in [2.24, 2.45) is 0 Å². The molecular weight excluding hydrogens is 224 g/mol. The van der Waals surface area contributed by atoms with Gasteiger partial charge in [0.15, 0.2) is 10.1 Å². The molecule has 12 heavy (non-hydrogen) atoms. The third-order valence-corrected chi connectivity index (χ3v) is 3.09. The molecular formula is C8H13BrO3. The number of ether oxygens (including phenoxy) is 1.